The van der Waals surface area contributed by atoms with Crippen LogP contribution in [0.5, 0.6) is 0 Å². The molecule has 0 aliphatic carbocycles. The zero-order valence-corrected chi connectivity index (χ0v) is 10.1. The van der Waals surface area contributed by atoms with E-state index in [1.807, 2.05) is 0 Å². The Kier molecular flexibility index (Phi) is 7.59. The molecule has 106 valence electrons. The monoisotopic (exact) mass is 273 g/mol. The molecular formula is C11H15NO7. The fourth-order valence-corrected chi connectivity index (χ4v) is 1.22. The smallest absolute Gasteiger partial charge is 0.341 e. The minimum atomic E-state index is -1.62. The summed E-state index contributed by atoms with van der Waals surface area (Å²) >= 11 is 0. The van der Waals surface area contributed by atoms with Gasteiger partial charge < -0.3 is 20.6 Å². The van der Waals surface area contributed by atoms with Gasteiger partial charge in [-0.3, -0.25) is 9.59 Å². The van der Waals surface area contributed by atoms with Gasteiger partial charge in [-0.25, -0.2) is 9.59 Å². The molecule has 0 radical (unpaired) electrons. The molecule has 0 rings (SSSR count). The Morgan fingerprint density at radius 3 is 2.05 bits per heavy atom. The third-order valence-electron chi connectivity index (χ3n) is 2.10. The van der Waals surface area contributed by atoms with Crippen LogP contribution in [0.1, 0.15) is 25.7 Å². The largest absolute Gasteiger partial charge is 0.481 e. The van der Waals surface area contributed by atoms with Gasteiger partial charge in [-0.05, 0) is 12.8 Å². The molecule has 19 heavy (non-hydrogen) atoms. The average molecular weight is 273 g/mol. The van der Waals surface area contributed by atoms with Crippen LogP contribution in [0.2, 0.25) is 0 Å². The van der Waals surface area contributed by atoms with E-state index in [1.54, 1.807) is 0 Å². The summed E-state index contributed by atoms with van der Waals surface area (Å²) in [6.45, 7) is 0.155. The average Bonchev–Trinajstić information content (AvgIpc) is 2.29. The van der Waals surface area contributed by atoms with Crippen molar-refractivity contribution in [1.29, 1.82) is 0 Å². The topological polar surface area (TPSA) is 141 Å². The highest BCUT2D eigenvalue weighted by molar-refractivity contribution is 6.18. The number of carboxylic acids is 3. The third-order valence-corrected chi connectivity index (χ3v) is 2.10. The van der Waals surface area contributed by atoms with Gasteiger partial charge in [0.1, 0.15) is 5.57 Å². The summed E-state index contributed by atoms with van der Waals surface area (Å²) in [5, 5.41) is 27.7. The Labute approximate surface area is 108 Å². The summed E-state index contributed by atoms with van der Waals surface area (Å²) in [7, 11) is 0. The fourth-order valence-electron chi connectivity index (χ4n) is 1.22. The van der Waals surface area contributed by atoms with Gasteiger partial charge >= 0.3 is 17.9 Å². The first-order valence-electron chi connectivity index (χ1n) is 5.52. The summed E-state index contributed by atoms with van der Waals surface area (Å²) in [5.41, 5.74) is -0.849. The molecule has 1 amide bonds. The van der Waals surface area contributed by atoms with Gasteiger partial charge in [0.15, 0.2) is 0 Å². The summed E-state index contributed by atoms with van der Waals surface area (Å²) in [4.78, 5) is 42.5. The van der Waals surface area contributed by atoms with Crippen LogP contribution in [0.3, 0.4) is 0 Å². The van der Waals surface area contributed by atoms with Crippen molar-refractivity contribution in [1.82, 2.24) is 5.32 Å². The molecule has 4 N–H and O–H groups in total. The van der Waals surface area contributed by atoms with Crippen molar-refractivity contribution in [3.8, 4) is 0 Å². The van der Waals surface area contributed by atoms with Crippen LogP contribution in [0.4, 0.5) is 0 Å². The highest BCUT2D eigenvalue weighted by Gasteiger charge is 2.18. The van der Waals surface area contributed by atoms with Crippen LogP contribution in [-0.2, 0) is 19.2 Å². The first-order valence-corrected chi connectivity index (χ1v) is 5.52. The SMILES string of the molecule is O=C(O)/C=C(/C(=O)O)C(=O)NCCCCCC(=O)O. The number of amides is 1. The summed E-state index contributed by atoms with van der Waals surface area (Å²) in [5.74, 6) is -5.02. The molecule has 0 fully saturated rings. The van der Waals surface area contributed by atoms with Gasteiger partial charge in [-0.1, -0.05) is 6.42 Å². The number of carbonyl (C=O) groups is 4. The molecule has 0 spiro atoms. The van der Waals surface area contributed by atoms with E-state index < -0.39 is 29.4 Å². The van der Waals surface area contributed by atoms with E-state index in [9.17, 15) is 19.2 Å². The zero-order valence-electron chi connectivity index (χ0n) is 10.1. The molecule has 8 heteroatoms. The Morgan fingerprint density at radius 2 is 1.58 bits per heavy atom. The molecule has 0 aliphatic rings. The second-order valence-electron chi connectivity index (χ2n) is 3.66. The van der Waals surface area contributed by atoms with Crippen molar-refractivity contribution in [2.24, 2.45) is 0 Å². The van der Waals surface area contributed by atoms with Crippen molar-refractivity contribution >= 4 is 23.8 Å². The van der Waals surface area contributed by atoms with Gasteiger partial charge in [-0.15, -0.1) is 0 Å². The second-order valence-corrected chi connectivity index (χ2v) is 3.66. The Hall–Kier alpha value is -2.38. The van der Waals surface area contributed by atoms with Gasteiger partial charge in [0.2, 0.25) is 0 Å². The second kappa shape index (κ2) is 8.67. The van der Waals surface area contributed by atoms with Crippen LogP contribution in [0.25, 0.3) is 0 Å². The maximum atomic E-state index is 11.3. The van der Waals surface area contributed by atoms with Gasteiger partial charge in [0, 0.05) is 19.0 Å². The van der Waals surface area contributed by atoms with E-state index >= 15 is 0 Å². The first kappa shape index (κ1) is 16.6. The number of rotatable bonds is 9. The number of carboxylic acid groups (broad SMARTS) is 3. The molecule has 0 heterocycles. The highest BCUT2D eigenvalue weighted by atomic mass is 16.4. The van der Waals surface area contributed by atoms with Crippen LogP contribution in [-0.4, -0.2) is 45.7 Å². The number of hydrogen-bond acceptors (Lipinski definition) is 4. The zero-order chi connectivity index (χ0) is 14.8. The van der Waals surface area contributed by atoms with E-state index in [-0.39, 0.29) is 13.0 Å². The molecule has 0 bridgehead atoms. The number of nitrogens with one attached hydrogen (secondary N) is 1. The predicted molar refractivity (Wildman–Crippen MR) is 62.5 cm³/mol. The standard InChI is InChI=1S/C11H15NO7/c13-8(14)4-2-1-3-5-12-10(17)7(11(18)19)6-9(15)16/h6H,1-5H2,(H,12,17)(H,13,14)(H,15,16)(H,18,19)/b7-6+. The molecule has 8 nitrogen and oxygen atoms in total. The Balaban J connectivity index is 4.05. The van der Waals surface area contributed by atoms with E-state index in [0.29, 0.717) is 25.3 Å². The molecule has 0 unspecified atom stereocenters. The maximum absolute atomic E-state index is 11.3. The third kappa shape index (κ3) is 8.36. The number of carbonyl (C=O) groups excluding carboxylic acids is 1. The number of hydrogen-bond donors (Lipinski definition) is 4. The van der Waals surface area contributed by atoms with E-state index in [4.69, 9.17) is 15.3 Å². The van der Waals surface area contributed by atoms with E-state index in [0.717, 1.165) is 0 Å². The molecule has 0 aliphatic heterocycles. The summed E-state index contributed by atoms with van der Waals surface area (Å²) < 4.78 is 0. The van der Waals surface area contributed by atoms with Gasteiger partial charge in [-0.2, -0.15) is 0 Å². The first-order chi connectivity index (χ1) is 8.84. The van der Waals surface area contributed by atoms with Crippen LogP contribution in [0.15, 0.2) is 11.6 Å². The molecule has 0 atom stereocenters. The maximum Gasteiger partial charge on any atom is 0.341 e. The van der Waals surface area contributed by atoms with Crippen LogP contribution in [0, 0.1) is 0 Å². The van der Waals surface area contributed by atoms with Gasteiger partial charge in [0.25, 0.3) is 5.91 Å². The molecule has 0 aromatic carbocycles. The lowest BCUT2D eigenvalue weighted by Gasteiger charge is -2.04. The lowest BCUT2D eigenvalue weighted by Crippen LogP contribution is -2.29. The normalized spacial score (nSPS) is 10.8. The molecule has 0 saturated carbocycles. The minimum absolute atomic E-state index is 0.0350. The van der Waals surface area contributed by atoms with Crippen molar-refractivity contribution in [2.45, 2.75) is 25.7 Å². The molecular weight excluding hydrogens is 258 g/mol. The van der Waals surface area contributed by atoms with Crippen molar-refractivity contribution < 1.29 is 34.5 Å². The summed E-state index contributed by atoms with van der Waals surface area (Å²) in [6.07, 6.45) is 1.87. The van der Waals surface area contributed by atoms with Crippen molar-refractivity contribution in [3.63, 3.8) is 0 Å². The Morgan fingerprint density at radius 1 is 0.947 bits per heavy atom. The fraction of sp³-hybridized carbons (Fsp3) is 0.455. The minimum Gasteiger partial charge on any atom is -0.481 e. The summed E-state index contributed by atoms with van der Waals surface area (Å²) in [6, 6.07) is 0. The molecule has 0 aromatic rings. The van der Waals surface area contributed by atoms with Gasteiger partial charge in [0.05, 0.1) is 0 Å². The van der Waals surface area contributed by atoms with E-state index in [2.05, 4.69) is 5.32 Å². The van der Waals surface area contributed by atoms with Crippen molar-refractivity contribution in [2.75, 3.05) is 6.54 Å². The molecule has 0 saturated heterocycles. The highest BCUT2D eigenvalue weighted by Crippen LogP contribution is 2.00. The lowest BCUT2D eigenvalue weighted by atomic mass is 10.2. The quantitative estimate of drug-likeness (QED) is 0.198. The molecule has 0 aromatic heterocycles. The Bertz CT molecular complexity index is 400. The lowest BCUT2D eigenvalue weighted by molar-refractivity contribution is -0.138. The number of aliphatic carboxylic acids is 3. The van der Waals surface area contributed by atoms with E-state index in [1.165, 1.54) is 0 Å². The number of unbranched alkanes of at least 4 members (excludes halogenated alkanes) is 2. The van der Waals surface area contributed by atoms with Crippen LogP contribution >= 0.6 is 0 Å². The van der Waals surface area contributed by atoms with Crippen molar-refractivity contribution in [3.05, 3.63) is 11.6 Å². The predicted octanol–water partition coefficient (Wildman–Crippen LogP) is -0.157. The van der Waals surface area contributed by atoms with Crippen LogP contribution < -0.4 is 5.32 Å².